The van der Waals surface area contributed by atoms with E-state index in [4.69, 9.17) is 0 Å². The highest BCUT2D eigenvalue weighted by atomic mass is 28.4. The zero-order valence-electron chi connectivity index (χ0n) is 7.36. The molecule has 3 heteroatoms. The normalized spacial score (nSPS) is 14.3. The Kier molecular flexibility index (Phi) is 2.67. The minimum absolute atomic E-state index is 0.126. The topological polar surface area (TPSA) is 40.5 Å². The Hall–Kier alpha value is -0.643. The Bertz CT molecular complexity index is 240. The fourth-order valence-electron chi connectivity index (χ4n) is 1.06. The maximum Gasteiger partial charge on any atom is 0.336 e. The molecule has 0 aliphatic rings. The molecule has 1 unspecified atom stereocenters. The smallest absolute Gasteiger partial charge is 0.336 e. The van der Waals surface area contributed by atoms with Gasteiger partial charge in [0.15, 0.2) is 0 Å². The van der Waals surface area contributed by atoms with Crippen molar-refractivity contribution >= 4 is 8.56 Å². The van der Waals surface area contributed by atoms with E-state index in [1.54, 1.807) is 0 Å². The molecular weight excluding hydrogens is 168 g/mol. The third-order valence-electron chi connectivity index (χ3n) is 2.12. The average Bonchev–Trinajstić information content (AvgIpc) is 2.03. The standard InChI is InChI=1S/C9H14O2Si/c1-8(12(2,10)11)9-6-4-3-5-7-9/h3-8,10-11H,1-2H3. The van der Waals surface area contributed by atoms with Gasteiger partial charge in [0.25, 0.3) is 0 Å². The monoisotopic (exact) mass is 182 g/mol. The summed E-state index contributed by atoms with van der Waals surface area (Å²) in [6.45, 7) is 3.38. The summed E-state index contributed by atoms with van der Waals surface area (Å²) in [5, 5.41) is 0. The van der Waals surface area contributed by atoms with Gasteiger partial charge in [-0.3, -0.25) is 0 Å². The van der Waals surface area contributed by atoms with E-state index in [9.17, 15) is 9.59 Å². The fraction of sp³-hybridized carbons (Fsp3) is 0.333. The second-order valence-electron chi connectivity index (χ2n) is 3.23. The Morgan fingerprint density at radius 2 is 1.67 bits per heavy atom. The first-order valence-corrected chi connectivity index (χ1v) is 6.48. The quantitative estimate of drug-likeness (QED) is 0.678. The predicted molar refractivity (Wildman–Crippen MR) is 50.9 cm³/mol. The highest BCUT2D eigenvalue weighted by Gasteiger charge is 2.31. The van der Waals surface area contributed by atoms with E-state index in [0.717, 1.165) is 5.56 Å². The number of hydrogen-bond donors (Lipinski definition) is 2. The maximum atomic E-state index is 9.43. The van der Waals surface area contributed by atoms with Gasteiger partial charge in [-0.05, 0) is 12.1 Å². The molecule has 0 aliphatic carbocycles. The van der Waals surface area contributed by atoms with Crippen molar-refractivity contribution in [2.24, 2.45) is 0 Å². The molecule has 1 atom stereocenters. The molecule has 12 heavy (non-hydrogen) atoms. The molecule has 0 aromatic heterocycles. The summed E-state index contributed by atoms with van der Waals surface area (Å²) in [5.41, 5.74) is 0.871. The van der Waals surface area contributed by atoms with Crippen molar-refractivity contribution in [3.8, 4) is 0 Å². The van der Waals surface area contributed by atoms with Gasteiger partial charge in [0.2, 0.25) is 0 Å². The first-order chi connectivity index (χ1) is 5.52. The summed E-state index contributed by atoms with van der Waals surface area (Å²) < 4.78 is 0. The van der Waals surface area contributed by atoms with Crippen molar-refractivity contribution in [1.29, 1.82) is 0 Å². The van der Waals surface area contributed by atoms with Crippen molar-refractivity contribution in [3.63, 3.8) is 0 Å². The van der Waals surface area contributed by atoms with Gasteiger partial charge in [0.05, 0.1) is 0 Å². The molecule has 2 nitrogen and oxygen atoms in total. The lowest BCUT2D eigenvalue weighted by atomic mass is 10.2. The SMILES string of the molecule is CC(c1ccccc1)[Si](C)(O)O. The van der Waals surface area contributed by atoms with E-state index in [0.29, 0.717) is 0 Å². The first kappa shape index (κ1) is 9.44. The zero-order chi connectivity index (χ0) is 9.19. The summed E-state index contributed by atoms with van der Waals surface area (Å²) in [5.74, 6) is 0. The Labute approximate surface area is 73.7 Å². The Morgan fingerprint density at radius 3 is 2.08 bits per heavy atom. The minimum atomic E-state index is -3.00. The van der Waals surface area contributed by atoms with Crippen LogP contribution in [0.2, 0.25) is 6.55 Å². The van der Waals surface area contributed by atoms with Gasteiger partial charge >= 0.3 is 8.56 Å². The minimum Gasteiger partial charge on any atom is -0.410 e. The lowest BCUT2D eigenvalue weighted by Crippen LogP contribution is -2.37. The molecule has 2 N–H and O–H groups in total. The molecule has 0 amide bonds. The van der Waals surface area contributed by atoms with Gasteiger partial charge in [-0.1, -0.05) is 37.3 Å². The molecule has 0 heterocycles. The van der Waals surface area contributed by atoms with Crippen molar-refractivity contribution in [1.82, 2.24) is 0 Å². The molecule has 1 aromatic carbocycles. The van der Waals surface area contributed by atoms with Crippen LogP contribution in [-0.2, 0) is 0 Å². The van der Waals surface area contributed by atoms with Crippen LogP contribution in [-0.4, -0.2) is 18.2 Å². The third kappa shape index (κ3) is 2.17. The predicted octanol–water partition coefficient (Wildman–Crippen LogP) is 1.39. The second-order valence-corrected chi connectivity index (χ2v) is 6.28. The van der Waals surface area contributed by atoms with Gasteiger partial charge in [-0.15, -0.1) is 0 Å². The molecule has 0 saturated carbocycles. The Balaban J connectivity index is 2.86. The van der Waals surface area contributed by atoms with Crippen molar-refractivity contribution in [3.05, 3.63) is 35.9 Å². The van der Waals surface area contributed by atoms with Crippen LogP contribution in [0.15, 0.2) is 30.3 Å². The fourth-order valence-corrected chi connectivity index (χ4v) is 1.88. The van der Waals surface area contributed by atoms with Crippen LogP contribution in [0.5, 0.6) is 0 Å². The summed E-state index contributed by atoms with van der Waals surface area (Å²) in [4.78, 5) is 18.9. The van der Waals surface area contributed by atoms with Gasteiger partial charge in [0, 0.05) is 5.54 Å². The molecule has 1 aromatic rings. The third-order valence-corrected chi connectivity index (χ3v) is 4.09. The van der Waals surface area contributed by atoms with E-state index in [1.165, 1.54) is 6.55 Å². The molecule has 0 aliphatic heterocycles. The summed E-state index contributed by atoms with van der Waals surface area (Å²) >= 11 is 0. The summed E-state index contributed by atoms with van der Waals surface area (Å²) in [6, 6.07) is 9.58. The molecule has 0 fully saturated rings. The van der Waals surface area contributed by atoms with Crippen LogP contribution in [0.25, 0.3) is 0 Å². The van der Waals surface area contributed by atoms with Crippen LogP contribution < -0.4 is 0 Å². The van der Waals surface area contributed by atoms with E-state index >= 15 is 0 Å². The Morgan fingerprint density at radius 1 is 1.17 bits per heavy atom. The average molecular weight is 182 g/mol. The second kappa shape index (κ2) is 3.39. The molecule has 0 radical (unpaired) electrons. The number of hydrogen-bond acceptors (Lipinski definition) is 2. The van der Waals surface area contributed by atoms with Crippen LogP contribution in [0.3, 0.4) is 0 Å². The molecule has 1 rings (SSSR count). The van der Waals surface area contributed by atoms with Crippen molar-refractivity contribution < 1.29 is 9.59 Å². The van der Waals surface area contributed by atoms with E-state index in [-0.39, 0.29) is 5.54 Å². The van der Waals surface area contributed by atoms with E-state index in [1.807, 2.05) is 37.3 Å². The van der Waals surface area contributed by atoms with Gasteiger partial charge in [-0.25, -0.2) is 0 Å². The van der Waals surface area contributed by atoms with Gasteiger partial charge < -0.3 is 9.59 Å². The molecule has 0 spiro atoms. The van der Waals surface area contributed by atoms with Crippen LogP contribution in [0, 0.1) is 0 Å². The highest BCUT2D eigenvalue weighted by Crippen LogP contribution is 2.21. The molecular formula is C9H14O2Si. The van der Waals surface area contributed by atoms with Crippen molar-refractivity contribution in [2.75, 3.05) is 0 Å². The molecule has 0 saturated heterocycles. The summed E-state index contributed by atoms with van der Waals surface area (Å²) in [6.07, 6.45) is 0. The van der Waals surface area contributed by atoms with Gasteiger partial charge in [-0.2, -0.15) is 0 Å². The zero-order valence-corrected chi connectivity index (χ0v) is 8.36. The van der Waals surface area contributed by atoms with Crippen molar-refractivity contribution in [2.45, 2.75) is 19.0 Å². The molecule has 66 valence electrons. The van der Waals surface area contributed by atoms with E-state index in [2.05, 4.69) is 0 Å². The summed E-state index contributed by atoms with van der Waals surface area (Å²) in [7, 11) is -3.00. The first-order valence-electron chi connectivity index (χ1n) is 4.01. The largest absolute Gasteiger partial charge is 0.410 e. The van der Waals surface area contributed by atoms with Crippen LogP contribution >= 0.6 is 0 Å². The van der Waals surface area contributed by atoms with E-state index < -0.39 is 8.56 Å². The van der Waals surface area contributed by atoms with Gasteiger partial charge in [0.1, 0.15) is 0 Å². The van der Waals surface area contributed by atoms with Crippen LogP contribution in [0.4, 0.5) is 0 Å². The molecule has 0 bridgehead atoms. The number of rotatable bonds is 2. The number of benzene rings is 1. The lowest BCUT2D eigenvalue weighted by Gasteiger charge is -2.20. The highest BCUT2D eigenvalue weighted by molar-refractivity contribution is 6.64. The maximum absolute atomic E-state index is 9.43. The lowest BCUT2D eigenvalue weighted by molar-refractivity contribution is 0.355. The van der Waals surface area contributed by atoms with Crippen LogP contribution in [0.1, 0.15) is 18.0 Å².